The smallest absolute Gasteiger partial charge is 0.251 e. The van der Waals surface area contributed by atoms with Crippen molar-refractivity contribution in [3.8, 4) is 0 Å². The van der Waals surface area contributed by atoms with E-state index < -0.39 is 0 Å². The molecule has 0 saturated heterocycles. The van der Waals surface area contributed by atoms with Crippen molar-refractivity contribution < 1.29 is 9.18 Å². The van der Waals surface area contributed by atoms with Gasteiger partial charge in [-0.2, -0.15) is 0 Å². The number of imidazole rings is 1. The molecule has 1 fully saturated rings. The van der Waals surface area contributed by atoms with Gasteiger partial charge in [0.15, 0.2) is 0 Å². The molecular weight excluding hydrogens is 463 g/mol. The largest absolute Gasteiger partial charge is 0.348 e. The van der Waals surface area contributed by atoms with Crippen LogP contribution in [0.1, 0.15) is 74.0 Å². The molecule has 0 radical (unpaired) electrons. The summed E-state index contributed by atoms with van der Waals surface area (Å²) in [5.41, 5.74) is 5.81. The average Bonchev–Trinajstić information content (AvgIpc) is 3.25. The van der Waals surface area contributed by atoms with Crippen LogP contribution < -0.4 is 10.6 Å². The number of hydrogen-bond acceptors (Lipinski definition) is 3. The van der Waals surface area contributed by atoms with Crippen molar-refractivity contribution in [2.75, 3.05) is 5.32 Å². The van der Waals surface area contributed by atoms with Crippen molar-refractivity contribution in [1.29, 1.82) is 0 Å². The number of anilines is 2. The fraction of sp³-hybridized carbons (Fsp3) is 0.355. The monoisotopic (exact) mass is 498 g/mol. The van der Waals surface area contributed by atoms with Crippen LogP contribution in [0.4, 0.5) is 16.0 Å². The predicted octanol–water partition coefficient (Wildman–Crippen LogP) is 7.55. The van der Waals surface area contributed by atoms with Crippen LogP contribution in [0.2, 0.25) is 0 Å². The van der Waals surface area contributed by atoms with Crippen LogP contribution in [0.5, 0.6) is 0 Å². The summed E-state index contributed by atoms with van der Waals surface area (Å²) in [6.45, 7) is 7.18. The molecule has 0 aliphatic heterocycles. The Bertz CT molecular complexity index is 1390. The quantitative estimate of drug-likeness (QED) is 0.276. The Morgan fingerprint density at radius 2 is 1.78 bits per heavy atom. The summed E-state index contributed by atoms with van der Waals surface area (Å²) in [6, 6.07) is 20.7. The highest BCUT2D eigenvalue weighted by Gasteiger charge is 2.31. The Kier molecular flexibility index (Phi) is 7.00. The topological polar surface area (TPSA) is 59.0 Å². The Morgan fingerprint density at radius 1 is 1.05 bits per heavy atom. The minimum Gasteiger partial charge on any atom is -0.348 e. The SMILES string of the molecule is CCc1ccc(Nc2nc3cc(C(=O)NCc4ccc(F)cc4)ccc3n2C2CCCC(C)(C)C2)cc1. The maximum absolute atomic E-state index is 13.2. The van der Waals surface area contributed by atoms with Crippen LogP contribution in [0.25, 0.3) is 11.0 Å². The number of amides is 1. The Hall–Kier alpha value is -3.67. The van der Waals surface area contributed by atoms with Crippen LogP contribution >= 0.6 is 0 Å². The molecule has 1 unspecified atom stereocenters. The van der Waals surface area contributed by atoms with Crippen molar-refractivity contribution in [2.24, 2.45) is 5.41 Å². The minimum absolute atomic E-state index is 0.177. The minimum atomic E-state index is -0.289. The van der Waals surface area contributed by atoms with Crippen LogP contribution in [-0.2, 0) is 13.0 Å². The van der Waals surface area contributed by atoms with E-state index in [-0.39, 0.29) is 17.1 Å². The third-order valence-electron chi connectivity index (χ3n) is 7.48. The lowest BCUT2D eigenvalue weighted by Gasteiger charge is -2.36. The Morgan fingerprint density at radius 3 is 2.49 bits per heavy atom. The molecule has 1 aliphatic rings. The molecule has 0 spiro atoms. The first-order chi connectivity index (χ1) is 17.8. The molecule has 192 valence electrons. The highest BCUT2D eigenvalue weighted by molar-refractivity contribution is 5.97. The lowest BCUT2D eigenvalue weighted by molar-refractivity contribution is 0.0951. The molecule has 3 aromatic carbocycles. The van der Waals surface area contributed by atoms with Crippen LogP contribution in [0.3, 0.4) is 0 Å². The number of nitrogens with one attached hydrogen (secondary N) is 2. The van der Waals surface area contributed by atoms with Gasteiger partial charge in [0.2, 0.25) is 5.95 Å². The van der Waals surface area contributed by atoms with E-state index in [2.05, 4.69) is 60.2 Å². The second kappa shape index (κ2) is 10.4. The zero-order valence-corrected chi connectivity index (χ0v) is 21.9. The number of aromatic nitrogens is 2. The van der Waals surface area contributed by atoms with Crippen molar-refractivity contribution in [1.82, 2.24) is 14.9 Å². The van der Waals surface area contributed by atoms with Crippen molar-refractivity contribution in [3.05, 3.63) is 89.2 Å². The summed E-state index contributed by atoms with van der Waals surface area (Å²) in [5.74, 6) is 0.346. The van der Waals surface area contributed by atoms with Crippen molar-refractivity contribution in [3.63, 3.8) is 0 Å². The molecule has 5 rings (SSSR count). The lowest BCUT2D eigenvalue weighted by Crippen LogP contribution is -2.25. The maximum Gasteiger partial charge on any atom is 0.251 e. The first kappa shape index (κ1) is 25.0. The molecule has 1 atom stereocenters. The summed E-state index contributed by atoms with van der Waals surface area (Å²) in [6.07, 6.45) is 5.61. The number of hydrogen-bond donors (Lipinski definition) is 2. The van der Waals surface area contributed by atoms with E-state index in [4.69, 9.17) is 4.98 Å². The number of benzene rings is 3. The van der Waals surface area contributed by atoms with E-state index in [1.807, 2.05) is 18.2 Å². The lowest BCUT2D eigenvalue weighted by atomic mass is 9.75. The summed E-state index contributed by atoms with van der Waals surface area (Å²) < 4.78 is 15.5. The van der Waals surface area contributed by atoms with Gasteiger partial charge >= 0.3 is 0 Å². The normalized spacial score (nSPS) is 17.0. The van der Waals surface area contributed by atoms with Gasteiger partial charge in [0.1, 0.15) is 5.82 Å². The standard InChI is InChI=1S/C31H35FN4O/c1-4-21-9-14-25(15-10-21)34-30-35-27-18-23(29(37)33-20-22-7-12-24(32)13-8-22)11-16-28(27)36(30)26-6-5-17-31(2,3)19-26/h7-16,18,26H,4-6,17,19-20H2,1-3H3,(H,33,37)(H,34,35). The van der Waals surface area contributed by atoms with Gasteiger partial charge in [-0.1, -0.05) is 51.5 Å². The summed E-state index contributed by atoms with van der Waals surface area (Å²) in [7, 11) is 0. The van der Waals surface area contributed by atoms with Gasteiger partial charge in [-0.25, -0.2) is 9.37 Å². The van der Waals surface area contributed by atoms with Gasteiger partial charge in [-0.15, -0.1) is 0 Å². The molecule has 4 aromatic rings. The first-order valence-electron chi connectivity index (χ1n) is 13.2. The number of carbonyl (C=O) groups excluding carboxylic acids is 1. The van der Waals surface area contributed by atoms with E-state index >= 15 is 0 Å². The van der Waals surface area contributed by atoms with Gasteiger partial charge in [-0.3, -0.25) is 4.79 Å². The van der Waals surface area contributed by atoms with Crippen LogP contribution in [0, 0.1) is 11.2 Å². The summed E-state index contributed by atoms with van der Waals surface area (Å²) >= 11 is 0. The zero-order valence-electron chi connectivity index (χ0n) is 21.9. The number of halogens is 1. The van der Waals surface area contributed by atoms with E-state index in [0.717, 1.165) is 47.5 Å². The molecule has 6 heteroatoms. The van der Waals surface area contributed by atoms with Gasteiger partial charge in [0, 0.05) is 23.8 Å². The van der Waals surface area contributed by atoms with Crippen LogP contribution in [-0.4, -0.2) is 15.5 Å². The van der Waals surface area contributed by atoms with Gasteiger partial charge in [0.25, 0.3) is 5.91 Å². The molecule has 0 bridgehead atoms. The highest BCUT2D eigenvalue weighted by Crippen LogP contribution is 2.43. The fourth-order valence-corrected chi connectivity index (χ4v) is 5.42. The zero-order chi connectivity index (χ0) is 26.0. The molecule has 1 saturated carbocycles. The van der Waals surface area contributed by atoms with E-state index in [0.29, 0.717) is 18.2 Å². The maximum atomic E-state index is 13.2. The van der Waals surface area contributed by atoms with E-state index in [9.17, 15) is 9.18 Å². The molecular formula is C31H35FN4O. The van der Waals surface area contributed by atoms with E-state index in [1.165, 1.54) is 30.5 Å². The summed E-state index contributed by atoms with van der Waals surface area (Å²) in [5, 5.41) is 6.49. The molecule has 37 heavy (non-hydrogen) atoms. The number of carbonyl (C=O) groups is 1. The molecule has 1 aliphatic carbocycles. The van der Waals surface area contributed by atoms with Crippen molar-refractivity contribution in [2.45, 2.75) is 65.5 Å². The predicted molar refractivity (Wildman–Crippen MR) is 148 cm³/mol. The molecule has 2 N–H and O–H groups in total. The average molecular weight is 499 g/mol. The summed E-state index contributed by atoms with van der Waals surface area (Å²) in [4.78, 5) is 17.9. The molecule has 1 amide bonds. The Balaban J connectivity index is 1.45. The fourth-order valence-electron chi connectivity index (χ4n) is 5.42. The van der Waals surface area contributed by atoms with Crippen molar-refractivity contribution >= 4 is 28.6 Å². The second-order valence-corrected chi connectivity index (χ2v) is 10.9. The molecule has 5 nitrogen and oxygen atoms in total. The van der Waals surface area contributed by atoms with Crippen LogP contribution in [0.15, 0.2) is 66.7 Å². The first-order valence-corrected chi connectivity index (χ1v) is 13.2. The van der Waals surface area contributed by atoms with E-state index in [1.54, 1.807) is 12.1 Å². The number of fused-ring (bicyclic) bond motifs is 1. The highest BCUT2D eigenvalue weighted by atomic mass is 19.1. The van der Waals surface area contributed by atoms with Gasteiger partial charge in [0.05, 0.1) is 11.0 Å². The number of nitrogens with zero attached hydrogens (tertiary/aromatic N) is 2. The molecule has 1 aromatic heterocycles. The number of rotatable bonds is 7. The second-order valence-electron chi connectivity index (χ2n) is 10.9. The van der Waals surface area contributed by atoms with Gasteiger partial charge < -0.3 is 15.2 Å². The van der Waals surface area contributed by atoms with Gasteiger partial charge in [-0.05, 0) is 84.7 Å². The number of aryl methyl sites for hydroxylation is 1. The molecule has 1 heterocycles. The third-order valence-corrected chi connectivity index (χ3v) is 7.48. The third kappa shape index (κ3) is 5.68. The Labute approximate surface area is 218 Å².